The summed E-state index contributed by atoms with van der Waals surface area (Å²) in [6, 6.07) is 27.3. The molecule has 2 aromatic heterocycles. The monoisotopic (exact) mass is 312 g/mol. The highest BCUT2D eigenvalue weighted by molar-refractivity contribution is 6.08. The zero-order valence-corrected chi connectivity index (χ0v) is 13.0. The molecule has 0 saturated heterocycles. The molecule has 0 bridgehead atoms. The molecule has 24 heavy (non-hydrogen) atoms. The molecule has 3 heteroatoms. The molecule has 0 radical (unpaired) electrons. The van der Waals surface area contributed by atoms with Crippen molar-refractivity contribution in [3.05, 3.63) is 96.7 Å². The van der Waals surface area contributed by atoms with Gasteiger partial charge in [0, 0.05) is 28.5 Å². The van der Waals surface area contributed by atoms with Gasteiger partial charge in [-0.1, -0.05) is 42.5 Å². The number of nitrogens with zero attached hydrogens (tertiary/aromatic N) is 1. The van der Waals surface area contributed by atoms with E-state index in [1.807, 2.05) is 79.0 Å². The van der Waals surface area contributed by atoms with Gasteiger partial charge in [0.15, 0.2) is 0 Å². The van der Waals surface area contributed by atoms with E-state index < -0.39 is 0 Å². The third-order valence-corrected chi connectivity index (χ3v) is 4.04. The smallest absolute Gasteiger partial charge is 0.256 e. The number of carbonyl (C=O) groups excluding carboxylic acids is 1. The third kappa shape index (κ3) is 2.57. The highest BCUT2D eigenvalue weighted by Crippen LogP contribution is 2.26. The number of rotatable bonds is 3. The van der Waals surface area contributed by atoms with Gasteiger partial charge in [-0.25, -0.2) is 0 Å². The first-order valence-electron chi connectivity index (χ1n) is 7.85. The molecule has 0 aliphatic rings. The first kappa shape index (κ1) is 14.3. The summed E-state index contributed by atoms with van der Waals surface area (Å²) in [7, 11) is 0. The van der Waals surface area contributed by atoms with Gasteiger partial charge in [0.05, 0.1) is 5.69 Å². The van der Waals surface area contributed by atoms with Crippen LogP contribution in [0.3, 0.4) is 0 Å². The second-order valence-corrected chi connectivity index (χ2v) is 5.58. The predicted molar refractivity (Wildman–Crippen MR) is 97.2 cm³/mol. The number of pyridine rings is 1. The number of amides is 1. The maximum atomic E-state index is 12.7. The molecule has 0 aliphatic heterocycles. The lowest BCUT2D eigenvalue weighted by Crippen LogP contribution is -2.13. The van der Waals surface area contributed by atoms with E-state index >= 15 is 0 Å². The van der Waals surface area contributed by atoms with Gasteiger partial charge in [0.1, 0.15) is 0 Å². The maximum absolute atomic E-state index is 12.7. The molecular weight excluding hydrogens is 296 g/mol. The zero-order chi connectivity index (χ0) is 16.4. The van der Waals surface area contributed by atoms with E-state index in [1.54, 1.807) is 0 Å². The Bertz CT molecular complexity index is 1000. The van der Waals surface area contributed by atoms with Crippen LogP contribution >= 0.6 is 0 Å². The Kier molecular flexibility index (Phi) is 3.60. The van der Waals surface area contributed by atoms with Gasteiger partial charge in [0.2, 0.25) is 0 Å². The van der Waals surface area contributed by atoms with Gasteiger partial charge in [-0.2, -0.15) is 0 Å². The average Bonchev–Trinajstić information content (AvgIpc) is 3.06. The summed E-state index contributed by atoms with van der Waals surface area (Å²) < 4.78 is 2.09. The van der Waals surface area contributed by atoms with Gasteiger partial charge in [-0.15, -0.1) is 0 Å². The van der Waals surface area contributed by atoms with Crippen LogP contribution in [0.25, 0.3) is 16.8 Å². The lowest BCUT2D eigenvalue weighted by Gasteiger charge is -2.11. The lowest BCUT2D eigenvalue weighted by molar-refractivity contribution is 0.102. The van der Waals surface area contributed by atoms with Crippen LogP contribution in [0, 0.1) is 0 Å². The molecule has 0 fully saturated rings. The molecule has 116 valence electrons. The number of benzene rings is 2. The van der Waals surface area contributed by atoms with E-state index in [0.29, 0.717) is 5.56 Å². The fourth-order valence-corrected chi connectivity index (χ4v) is 2.90. The van der Waals surface area contributed by atoms with Crippen LogP contribution in [0.1, 0.15) is 10.4 Å². The Morgan fingerprint density at radius 2 is 1.50 bits per heavy atom. The van der Waals surface area contributed by atoms with Crippen LogP contribution in [-0.2, 0) is 0 Å². The summed E-state index contributed by atoms with van der Waals surface area (Å²) in [5.74, 6) is -0.109. The Morgan fingerprint density at radius 1 is 0.750 bits per heavy atom. The Labute approximate surface area is 140 Å². The molecule has 1 amide bonds. The summed E-state index contributed by atoms with van der Waals surface area (Å²) in [4.78, 5) is 12.7. The Balaban J connectivity index is 1.77. The van der Waals surface area contributed by atoms with E-state index in [-0.39, 0.29) is 5.91 Å². The van der Waals surface area contributed by atoms with Crippen molar-refractivity contribution in [1.29, 1.82) is 0 Å². The van der Waals surface area contributed by atoms with Crippen molar-refractivity contribution in [1.82, 2.24) is 4.40 Å². The number of para-hydroxylation sites is 1. The molecule has 0 aliphatic carbocycles. The number of nitrogens with one attached hydrogen (secondary N) is 1. The second kappa shape index (κ2) is 6.05. The minimum Gasteiger partial charge on any atom is -0.322 e. The van der Waals surface area contributed by atoms with Crippen LogP contribution in [-0.4, -0.2) is 10.3 Å². The second-order valence-electron chi connectivity index (χ2n) is 5.58. The van der Waals surface area contributed by atoms with E-state index in [1.165, 1.54) is 0 Å². The van der Waals surface area contributed by atoms with Crippen LogP contribution in [0.15, 0.2) is 91.1 Å². The zero-order valence-electron chi connectivity index (χ0n) is 13.0. The molecule has 4 aromatic rings. The number of hydrogen-bond acceptors (Lipinski definition) is 1. The Hall–Kier alpha value is -3.33. The van der Waals surface area contributed by atoms with E-state index in [9.17, 15) is 4.79 Å². The van der Waals surface area contributed by atoms with E-state index in [2.05, 4.69) is 21.9 Å². The van der Waals surface area contributed by atoms with Crippen molar-refractivity contribution < 1.29 is 4.79 Å². The summed E-state index contributed by atoms with van der Waals surface area (Å²) in [5, 5.41) is 2.96. The van der Waals surface area contributed by atoms with Crippen molar-refractivity contribution in [3.8, 4) is 11.3 Å². The molecule has 0 spiro atoms. The van der Waals surface area contributed by atoms with Crippen LogP contribution in [0.4, 0.5) is 5.69 Å². The number of carbonyl (C=O) groups is 1. The minimum atomic E-state index is -0.109. The largest absolute Gasteiger partial charge is 0.322 e. The van der Waals surface area contributed by atoms with Gasteiger partial charge >= 0.3 is 0 Å². The topological polar surface area (TPSA) is 33.5 Å². The minimum absolute atomic E-state index is 0.109. The SMILES string of the molecule is O=C(Nc1ccccc1)c1ccccc1-c1ccc2ccccn12. The van der Waals surface area contributed by atoms with Crippen LogP contribution < -0.4 is 5.32 Å². The highest BCUT2D eigenvalue weighted by atomic mass is 16.1. The molecule has 0 unspecified atom stereocenters. The van der Waals surface area contributed by atoms with Gasteiger partial charge in [-0.3, -0.25) is 4.79 Å². The van der Waals surface area contributed by atoms with Crippen LogP contribution in [0.2, 0.25) is 0 Å². The third-order valence-electron chi connectivity index (χ3n) is 4.04. The van der Waals surface area contributed by atoms with E-state index in [0.717, 1.165) is 22.5 Å². The summed E-state index contributed by atoms with van der Waals surface area (Å²) in [6.45, 7) is 0. The normalized spacial score (nSPS) is 10.7. The lowest BCUT2D eigenvalue weighted by atomic mass is 10.0. The van der Waals surface area contributed by atoms with Crippen molar-refractivity contribution in [2.75, 3.05) is 5.32 Å². The fraction of sp³-hybridized carbons (Fsp3) is 0. The number of anilines is 1. The van der Waals surface area contributed by atoms with Gasteiger partial charge < -0.3 is 9.72 Å². The standard InChI is InChI=1S/C21H16N2O/c24-21(22-16-8-2-1-3-9-16)19-12-5-4-11-18(19)20-14-13-17-10-6-7-15-23(17)20/h1-15H,(H,22,24). The van der Waals surface area contributed by atoms with Crippen molar-refractivity contribution in [2.45, 2.75) is 0 Å². The molecular formula is C21H16N2O. The van der Waals surface area contributed by atoms with Gasteiger partial charge in [-0.05, 0) is 42.5 Å². The highest BCUT2D eigenvalue weighted by Gasteiger charge is 2.14. The molecule has 0 saturated carbocycles. The first-order valence-corrected chi connectivity index (χ1v) is 7.85. The quantitative estimate of drug-likeness (QED) is 0.576. The van der Waals surface area contributed by atoms with Crippen molar-refractivity contribution in [2.24, 2.45) is 0 Å². The number of aromatic nitrogens is 1. The molecule has 3 nitrogen and oxygen atoms in total. The Morgan fingerprint density at radius 3 is 2.38 bits per heavy atom. The molecule has 4 rings (SSSR count). The summed E-state index contributed by atoms with van der Waals surface area (Å²) >= 11 is 0. The molecule has 2 aromatic carbocycles. The number of hydrogen-bond donors (Lipinski definition) is 1. The summed E-state index contributed by atoms with van der Waals surface area (Å²) in [6.07, 6.45) is 2.01. The molecule has 0 atom stereocenters. The van der Waals surface area contributed by atoms with Crippen molar-refractivity contribution >= 4 is 17.1 Å². The average molecular weight is 312 g/mol. The maximum Gasteiger partial charge on any atom is 0.256 e. The summed E-state index contributed by atoms with van der Waals surface area (Å²) in [5.41, 5.74) is 4.47. The van der Waals surface area contributed by atoms with Crippen LogP contribution in [0.5, 0.6) is 0 Å². The number of fused-ring (bicyclic) bond motifs is 1. The first-order chi connectivity index (χ1) is 11.8. The molecule has 1 N–H and O–H groups in total. The van der Waals surface area contributed by atoms with E-state index in [4.69, 9.17) is 0 Å². The predicted octanol–water partition coefficient (Wildman–Crippen LogP) is 4.86. The fourth-order valence-electron chi connectivity index (χ4n) is 2.90. The van der Waals surface area contributed by atoms with Crippen molar-refractivity contribution in [3.63, 3.8) is 0 Å². The molecule has 2 heterocycles. The van der Waals surface area contributed by atoms with Gasteiger partial charge in [0.25, 0.3) is 5.91 Å².